The lowest BCUT2D eigenvalue weighted by Gasteiger charge is -2.26. The molecule has 1 aliphatic heterocycles. The van der Waals surface area contributed by atoms with Gasteiger partial charge in [0, 0.05) is 24.3 Å². The molecule has 3 N–H and O–H groups in total. The number of nitrogens with zero attached hydrogens (tertiary/aromatic N) is 1. The van der Waals surface area contributed by atoms with Crippen LogP contribution in [0.2, 0.25) is 0 Å². The van der Waals surface area contributed by atoms with E-state index in [1.807, 2.05) is 30.3 Å². The van der Waals surface area contributed by atoms with Gasteiger partial charge in [0.2, 0.25) is 5.91 Å². The fourth-order valence-corrected chi connectivity index (χ4v) is 2.84. The maximum Gasteiger partial charge on any atom is 0.254 e. The number of anilines is 1. The Balaban J connectivity index is 0.00000261. The van der Waals surface area contributed by atoms with Crippen LogP contribution in [-0.4, -0.2) is 49.1 Å². The van der Waals surface area contributed by atoms with Gasteiger partial charge in [-0.1, -0.05) is 30.3 Å². The number of morpholine rings is 1. The van der Waals surface area contributed by atoms with Gasteiger partial charge in [-0.3, -0.25) is 9.59 Å². The number of halogens is 1. The van der Waals surface area contributed by atoms with Crippen LogP contribution < -0.4 is 11.1 Å². The number of hydrogen-bond acceptors (Lipinski definition) is 4. The average molecular weight is 390 g/mol. The summed E-state index contributed by atoms with van der Waals surface area (Å²) in [7, 11) is 0. The fourth-order valence-electron chi connectivity index (χ4n) is 2.84. The van der Waals surface area contributed by atoms with Gasteiger partial charge in [-0.05, 0) is 36.2 Å². The average Bonchev–Trinajstić information content (AvgIpc) is 2.69. The van der Waals surface area contributed by atoms with Crippen LogP contribution in [0.4, 0.5) is 5.69 Å². The molecule has 1 aliphatic rings. The van der Waals surface area contributed by atoms with E-state index < -0.39 is 6.04 Å². The van der Waals surface area contributed by atoms with Crippen molar-refractivity contribution >= 4 is 29.9 Å². The van der Waals surface area contributed by atoms with Gasteiger partial charge in [0.1, 0.15) is 0 Å². The summed E-state index contributed by atoms with van der Waals surface area (Å²) in [5.41, 5.74) is 8.22. The van der Waals surface area contributed by atoms with Crippen molar-refractivity contribution < 1.29 is 14.3 Å². The molecule has 144 valence electrons. The predicted molar refractivity (Wildman–Crippen MR) is 107 cm³/mol. The molecule has 6 nitrogen and oxygen atoms in total. The Labute approximate surface area is 165 Å². The van der Waals surface area contributed by atoms with Gasteiger partial charge in [0.25, 0.3) is 5.91 Å². The van der Waals surface area contributed by atoms with E-state index in [9.17, 15) is 9.59 Å². The van der Waals surface area contributed by atoms with Crippen LogP contribution in [0.15, 0.2) is 54.6 Å². The van der Waals surface area contributed by atoms with Crippen molar-refractivity contribution in [2.24, 2.45) is 5.73 Å². The Morgan fingerprint density at radius 2 is 1.67 bits per heavy atom. The van der Waals surface area contributed by atoms with Gasteiger partial charge in [-0.15, -0.1) is 12.4 Å². The highest BCUT2D eigenvalue weighted by atomic mass is 35.5. The predicted octanol–water partition coefficient (Wildman–Crippen LogP) is 2.09. The van der Waals surface area contributed by atoms with E-state index >= 15 is 0 Å². The lowest BCUT2D eigenvalue weighted by atomic mass is 10.1. The zero-order chi connectivity index (χ0) is 18.4. The normalized spacial score (nSPS) is 14.8. The summed E-state index contributed by atoms with van der Waals surface area (Å²) in [5, 5.41) is 2.80. The highest BCUT2D eigenvalue weighted by Crippen LogP contribution is 2.13. The molecule has 0 bridgehead atoms. The molecule has 0 unspecified atom stereocenters. The van der Waals surface area contributed by atoms with E-state index in [4.69, 9.17) is 10.5 Å². The van der Waals surface area contributed by atoms with E-state index in [-0.39, 0.29) is 24.2 Å². The number of carbonyl (C=O) groups excluding carboxylic acids is 2. The van der Waals surface area contributed by atoms with Crippen LogP contribution in [0.25, 0.3) is 0 Å². The third-order valence-corrected chi connectivity index (χ3v) is 4.33. The minimum absolute atomic E-state index is 0. The van der Waals surface area contributed by atoms with Gasteiger partial charge in [-0.2, -0.15) is 0 Å². The van der Waals surface area contributed by atoms with Gasteiger partial charge in [0.05, 0.1) is 19.3 Å². The van der Waals surface area contributed by atoms with Crippen LogP contribution >= 0.6 is 12.4 Å². The maximum atomic E-state index is 12.4. The van der Waals surface area contributed by atoms with Crippen molar-refractivity contribution in [3.05, 3.63) is 65.7 Å². The first-order chi connectivity index (χ1) is 12.6. The molecule has 0 spiro atoms. The third kappa shape index (κ3) is 5.79. The topological polar surface area (TPSA) is 84.7 Å². The summed E-state index contributed by atoms with van der Waals surface area (Å²) in [6, 6.07) is 15.9. The van der Waals surface area contributed by atoms with Gasteiger partial charge in [0.15, 0.2) is 0 Å². The number of hydrogen-bond donors (Lipinski definition) is 2. The quantitative estimate of drug-likeness (QED) is 0.820. The van der Waals surface area contributed by atoms with Crippen LogP contribution in [0.1, 0.15) is 15.9 Å². The first kappa shape index (κ1) is 20.9. The molecule has 27 heavy (non-hydrogen) atoms. The standard InChI is InChI=1S/C20H23N3O3.ClH/c21-18(14-15-4-2-1-3-5-15)19(24)22-17-8-6-16(7-9-17)20(25)23-10-12-26-13-11-23;/h1-9,18H,10-14,21H2,(H,22,24);1H/t18-;/m0./s1. The lowest BCUT2D eigenvalue weighted by Crippen LogP contribution is -2.40. The molecule has 2 aromatic carbocycles. The van der Waals surface area contributed by atoms with Crippen LogP contribution in [0, 0.1) is 0 Å². The number of rotatable bonds is 5. The van der Waals surface area contributed by atoms with Crippen molar-refractivity contribution in [3.8, 4) is 0 Å². The zero-order valence-corrected chi connectivity index (χ0v) is 15.8. The largest absolute Gasteiger partial charge is 0.378 e. The van der Waals surface area contributed by atoms with E-state index in [2.05, 4.69) is 5.32 Å². The Bertz CT molecular complexity index is 747. The summed E-state index contributed by atoms with van der Waals surface area (Å²) < 4.78 is 5.26. The second-order valence-electron chi connectivity index (χ2n) is 6.27. The zero-order valence-electron chi connectivity index (χ0n) is 15.0. The summed E-state index contributed by atoms with van der Waals surface area (Å²) >= 11 is 0. The molecule has 0 aromatic heterocycles. The van der Waals surface area contributed by atoms with E-state index in [1.54, 1.807) is 29.2 Å². The Kier molecular flexibility index (Phi) is 7.79. The van der Waals surface area contributed by atoms with Crippen molar-refractivity contribution in [3.63, 3.8) is 0 Å². The molecule has 0 radical (unpaired) electrons. The van der Waals surface area contributed by atoms with Crippen LogP contribution in [0.3, 0.4) is 0 Å². The van der Waals surface area contributed by atoms with Crippen LogP contribution in [0.5, 0.6) is 0 Å². The van der Waals surface area contributed by atoms with Crippen molar-refractivity contribution in [1.82, 2.24) is 4.90 Å². The molecule has 7 heteroatoms. The van der Waals surface area contributed by atoms with Gasteiger partial charge < -0.3 is 20.7 Å². The molecule has 0 aliphatic carbocycles. The maximum absolute atomic E-state index is 12.4. The lowest BCUT2D eigenvalue weighted by molar-refractivity contribution is -0.117. The number of ether oxygens (including phenoxy) is 1. The van der Waals surface area contributed by atoms with E-state index in [0.717, 1.165) is 5.56 Å². The number of nitrogens with two attached hydrogens (primary N) is 1. The van der Waals surface area contributed by atoms with E-state index in [0.29, 0.717) is 44.0 Å². The summed E-state index contributed by atoms with van der Waals surface area (Å²) in [6.45, 7) is 2.34. The Hall–Kier alpha value is -2.41. The second kappa shape index (κ2) is 10.1. The first-order valence-corrected chi connectivity index (χ1v) is 8.71. The van der Waals surface area contributed by atoms with Crippen molar-refractivity contribution in [1.29, 1.82) is 0 Å². The Morgan fingerprint density at radius 3 is 2.30 bits per heavy atom. The number of carbonyl (C=O) groups is 2. The molecule has 1 heterocycles. The van der Waals surface area contributed by atoms with Crippen molar-refractivity contribution in [2.45, 2.75) is 12.5 Å². The molecule has 2 aromatic rings. The number of nitrogens with one attached hydrogen (secondary N) is 1. The summed E-state index contributed by atoms with van der Waals surface area (Å²) in [6.07, 6.45) is 0.472. The first-order valence-electron chi connectivity index (χ1n) is 8.71. The highest BCUT2D eigenvalue weighted by Gasteiger charge is 2.19. The second-order valence-corrected chi connectivity index (χ2v) is 6.27. The molecule has 0 saturated carbocycles. The summed E-state index contributed by atoms with van der Waals surface area (Å²) in [5.74, 6) is -0.270. The fraction of sp³-hybridized carbons (Fsp3) is 0.300. The number of amides is 2. The SMILES string of the molecule is Cl.N[C@@H](Cc1ccccc1)C(=O)Nc1ccc(C(=O)N2CCOCC2)cc1. The monoisotopic (exact) mass is 389 g/mol. The Morgan fingerprint density at radius 1 is 1.04 bits per heavy atom. The van der Waals surface area contributed by atoms with Crippen molar-refractivity contribution in [2.75, 3.05) is 31.6 Å². The molecule has 2 amide bonds. The highest BCUT2D eigenvalue weighted by molar-refractivity contribution is 5.97. The smallest absolute Gasteiger partial charge is 0.254 e. The van der Waals surface area contributed by atoms with Gasteiger partial charge >= 0.3 is 0 Å². The third-order valence-electron chi connectivity index (χ3n) is 4.33. The molecule has 3 rings (SSSR count). The summed E-state index contributed by atoms with van der Waals surface area (Å²) in [4.78, 5) is 26.4. The molecule has 1 atom stereocenters. The number of benzene rings is 2. The molecular formula is C20H24ClN3O3. The molecular weight excluding hydrogens is 366 g/mol. The minimum atomic E-state index is -0.632. The molecule has 1 fully saturated rings. The van der Waals surface area contributed by atoms with Gasteiger partial charge in [-0.25, -0.2) is 0 Å². The van der Waals surface area contributed by atoms with Crippen LogP contribution in [-0.2, 0) is 16.0 Å². The molecule has 1 saturated heterocycles. The van der Waals surface area contributed by atoms with E-state index in [1.165, 1.54) is 0 Å². The minimum Gasteiger partial charge on any atom is -0.378 e.